The molecule has 13 heavy (non-hydrogen) atoms. The van der Waals surface area contributed by atoms with E-state index in [0.717, 1.165) is 0 Å². The largest absolute Gasteiger partial charge is 0.512 e. The zero-order chi connectivity index (χ0) is 9.84. The van der Waals surface area contributed by atoms with E-state index in [9.17, 15) is 9.90 Å². The average Bonchev–Trinajstić information content (AvgIpc) is 2.32. The van der Waals surface area contributed by atoms with Crippen LogP contribution < -0.4 is 0 Å². The maximum atomic E-state index is 11.3. The molecule has 0 saturated carbocycles. The van der Waals surface area contributed by atoms with E-state index < -0.39 is 0 Å². The number of carbonyl (C=O) groups is 1. The lowest BCUT2D eigenvalue weighted by molar-refractivity contribution is -0.118. The summed E-state index contributed by atoms with van der Waals surface area (Å²) in [5, 5.41) is 9.29. The van der Waals surface area contributed by atoms with Gasteiger partial charge in [-0.3, -0.25) is 4.79 Å². The summed E-state index contributed by atoms with van der Waals surface area (Å²) in [6, 6.07) is 0. The Balaban J connectivity index is 2.58. The van der Waals surface area contributed by atoms with Crippen molar-refractivity contribution >= 4 is 5.78 Å². The van der Waals surface area contributed by atoms with Crippen LogP contribution in [0.2, 0.25) is 0 Å². The summed E-state index contributed by atoms with van der Waals surface area (Å²) in [6.45, 7) is 5.41. The Morgan fingerprint density at radius 3 is 2.85 bits per heavy atom. The third-order valence-corrected chi connectivity index (χ3v) is 2.39. The fourth-order valence-electron chi connectivity index (χ4n) is 1.48. The Labute approximate surface area is 78.3 Å². The van der Waals surface area contributed by atoms with Crippen LogP contribution in [0.4, 0.5) is 0 Å². The van der Waals surface area contributed by atoms with Crippen LogP contribution in [0.3, 0.4) is 0 Å². The van der Waals surface area contributed by atoms with Gasteiger partial charge in [0.25, 0.3) is 0 Å². The second-order valence-electron chi connectivity index (χ2n) is 3.27. The van der Waals surface area contributed by atoms with Crippen LogP contribution in [0.25, 0.3) is 0 Å². The normalized spacial score (nSPS) is 28.1. The highest BCUT2D eigenvalue weighted by atomic mass is 16.3. The van der Waals surface area contributed by atoms with Gasteiger partial charge in [-0.15, -0.1) is 0 Å². The minimum atomic E-state index is -0.0869. The second-order valence-corrected chi connectivity index (χ2v) is 3.27. The van der Waals surface area contributed by atoms with E-state index in [1.807, 2.05) is 19.1 Å². The van der Waals surface area contributed by atoms with E-state index >= 15 is 0 Å². The predicted molar refractivity (Wildman–Crippen MR) is 52.3 cm³/mol. The van der Waals surface area contributed by atoms with Gasteiger partial charge in [0.2, 0.25) is 0 Å². The molecule has 0 aromatic carbocycles. The molecule has 0 aromatic heterocycles. The van der Waals surface area contributed by atoms with Crippen molar-refractivity contribution in [1.82, 2.24) is 0 Å². The molecule has 0 aliphatic heterocycles. The third-order valence-electron chi connectivity index (χ3n) is 2.39. The summed E-state index contributed by atoms with van der Waals surface area (Å²) in [6.07, 6.45) is 7.40. The number of allylic oxidation sites excluding steroid dienone is 5. The predicted octanol–water partition coefficient (Wildman–Crippen LogP) is 2.40. The second kappa shape index (κ2) is 4.08. The highest BCUT2D eigenvalue weighted by Crippen LogP contribution is 2.29. The zero-order valence-electron chi connectivity index (χ0n) is 7.73. The van der Waals surface area contributed by atoms with Crippen molar-refractivity contribution in [2.75, 3.05) is 0 Å². The Bertz CT molecular complexity index is 274. The number of hydrogen-bond acceptors (Lipinski definition) is 2. The molecule has 1 N–H and O–H groups in total. The molecule has 2 nitrogen and oxygen atoms in total. The van der Waals surface area contributed by atoms with Crippen LogP contribution in [0.1, 0.15) is 13.3 Å². The summed E-state index contributed by atoms with van der Waals surface area (Å²) in [5.41, 5.74) is 0. The number of rotatable bonds is 3. The standard InChI is InChI=1S/C11H14O2/c1-3-4-5-6-9-8(2)10(12)7-11(9)13/h3-5,7-9,12H,1,6H2,2H3/b5-4-. The number of hydrogen-bond donors (Lipinski definition) is 1. The van der Waals surface area contributed by atoms with Crippen molar-refractivity contribution in [1.29, 1.82) is 0 Å². The molecule has 0 radical (unpaired) electrons. The zero-order valence-corrected chi connectivity index (χ0v) is 7.73. The molecule has 0 fully saturated rings. The molecule has 1 aliphatic carbocycles. The minimum absolute atomic E-state index is 0.0266. The highest BCUT2D eigenvalue weighted by molar-refractivity contribution is 5.95. The highest BCUT2D eigenvalue weighted by Gasteiger charge is 2.31. The van der Waals surface area contributed by atoms with Gasteiger partial charge in [0, 0.05) is 17.9 Å². The van der Waals surface area contributed by atoms with Gasteiger partial charge in [0.1, 0.15) is 0 Å². The Morgan fingerprint density at radius 1 is 1.69 bits per heavy atom. The molecule has 0 heterocycles. The topological polar surface area (TPSA) is 37.3 Å². The summed E-state index contributed by atoms with van der Waals surface area (Å²) in [5.74, 6) is 0.110. The number of aliphatic hydroxyl groups excluding tert-OH is 1. The Hall–Kier alpha value is -1.31. The molecule has 0 amide bonds. The van der Waals surface area contributed by atoms with Crippen LogP contribution in [0.15, 0.2) is 36.6 Å². The molecule has 0 aromatic rings. The van der Waals surface area contributed by atoms with Gasteiger partial charge >= 0.3 is 0 Å². The fourth-order valence-corrected chi connectivity index (χ4v) is 1.48. The molecular formula is C11H14O2. The molecule has 0 saturated heterocycles. The SMILES string of the molecule is C=C/C=C\CC1C(=O)C=C(O)C1C. The van der Waals surface area contributed by atoms with Gasteiger partial charge < -0.3 is 5.11 Å². The first-order valence-electron chi connectivity index (χ1n) is 4.38. The van der Waals surface area contributed by atoms with Gasteiger partial charge in [-0.1, -0.05) is 31.7 Å². The van der Waals surface area contributed by atoms with Crippen molar-refractivity contribution in [2.45, 2.75) is 13.3 Å². The van der Waals surface area contributed by atoms with Gasteiger partial charge in [-0.2, -0.15) is 0 Å². The van der Waals surface area contributed by atoms with Gasteiger partial charge in [0.05, 0.1) is 5.76 Å². The molecule has 1 rings (SSSR count). The monoisotopic (exact) mass is 178 g/mol. The molecule has 1 aliphatic rings. The number of ketones is 1. The van der Waals surface area contributed by atoms with E-state index in [0.29, 0.717) is 6.42 Å². The molecule has 0 bridgehead atoms. The Morgan fingerprint density at radius 2 is 2.38 bits per heavy atom. The van der Waals surface area contributed by atoms with Gasteiger partial charge in [-0.05, 0) is 6.42 Å². The average molecular weight is 178 g/mol. The molecule has 2 unspecified atom stereocenters. The van der Waals surface area contributed by atoms with Crippen molar-refractivity contribution in [3.05, 3.63) is 36.6 Å². The molecule has 70 valence electrons. The maximum absolute atomic E-state index is 11.3. The lowest BCUT2D eigenvalue weighted by atomic mass is 9.92. The van der Waals surface area contributed by atoms with Crippen molar-refractivity contribution < 1.29 is 9.90 Å². The van der Waals surface area contributed by atoms with Crippen molar-refractivity contribution in [3.63, 3.8) is 0 Å². The van der Waals surface area contributed by atoms with E-state index in [2.05, 4.69) is 6.58 Å². The minimum Gasteiger partial charge on any atom is -0.512 e. The smallest absolute Gasteiger partial charge is 0.163 e. The maximum Gasteiger partial charge on any atom is 0.163 e. The first kappa shape index (κ1) is 9.78. The van der Waals surface area contributed by atoms with Crippen LogP contribution >= 0.6 is 0 Å². The first-order valence-corrected chi connectivity index (χ1v) is 4.38. The lowest BCUT2D eigenvalue weighted by Crippen LogP contribution is -2.13. The fraction of sp³-hybridized carbons (Fsp3) is 0.364. The van der Waals surface area contributed by atoms with Crippen molar-refractivity contribution in [3.8, 4) is 0 Å². The van der Waals surface area contributed by atoms with Crippen LogP contribution in [-0.2, 0) is 4.79 Å². The molecular weight excluding hydrogens is 164 g/mol. The quantitative estimate of drug-likeness (QED) is 0.674. The van der Waals surface area contributed by atoms with Crippen LogP contribution in [-0.4, -0.2) is 10.9 Å². The summed E-state index contributed by atoms with van der Waals surface area (Å²) >= 11 is 0. The lowest BCUT2D eigenvalue weighted by Gasteiger charge is -2.11. The first-order chi connectivity index (χ1) is 6.16. The summed E-state index contributed by atoms with van der Waals surface area (Å²) in [7, 11) is 0. The van der Waals surface area contributed by atoms with Gasteiger partial charge in [-0.25, -0.2) is 0 Å². The van der Waals surface area contributed by atoms with Crippen molar-refractivity contribution in [2.24, 2.45) is 11.8 Å². The molecule has 2 heteroatoms. The molecule has 2 atom stereocenters. The van der Waals surface area contributed by atoms with Crippen LogP contribution in [0, 0.1) is 11.8 Å². The third kappa shape index (κ3) is 2.08. The summed E-state index contributed by atoms with van der Waals surface area (Å²) in [4.78, 5) is 11.3. The molecule has 0 spiro atoms. The van der Waals surface area contributed by atoms with E-state index in [1.165, 1.54) is 6.08 Å². The number of aliphatic hydroxyl groups is 1. The summed E-state index contributed by atoms with van der Waals surface area (Å²) < 4.78 is 0. The Kier molecular flexibility index (Phi) is 3.07. The van der Waals surface area contributed by atoms with E-state index in [1.54, 1.807) is 6.08 Å². The number of carbonyl (C=O) groups excluding carboxylic acids is 1. The van der Waals surface area contributed by atoms with Crippen LogP contribution in [0.5, 0.6) is 0 Å². The van der Waals surface area contributed by atoms with Gasteiger partial charge in [0.15, 0.2) is 5.78 Å². The van der Waals surface area contributed by atoms with E-state index in [-0.39, 0.29) is 23.4 Å². The van der Waals surface area contributed by atoms with E-state index in [4.69, 9.17) is 0 Å².